The van der Waals surface area contributed by atoms with Crippen molar-refractivity contribution in [1.29, 1.82) is 5.26 Å². The maximum absolute atomic E-state index is 11.3. The van der Waals surface area contributed by atoms with Gasteiger partial charge in [-0.1, -0.05) is 30.3 Å². The molecule has 1 aliphatic heterocycles. The van der Waals surface area contributed by atoms with E-state index in [0.29, 0.717) is 13.0 Å². The van der Waals surface area contributed by atoms with Gasteiger partial charge in [0, 0.05) is 25.7 Å². The summed E-state index contributed by atoms with van der Waals surface area (Å²) in [6, 6.07) is 11.9. The number of carboxylic acids is 1. The average molecular weight is 256 g/mol. The number of nitriles is 1. The first-order valence-electron chi connectivity index (χ1n) is 6.28. The molecule has 1 unspecified atom stereocenters. The standard InChI is InChI=1S/C15H16N2O2/c16-8-6-13-7-9-17(11-14(13)15(18)19)10-12-4-2-1-3-5-12/h1-6,14H,7,9-11H2,(H,18,19)/b13-6+. The average Bonchev–Trinajstić information content (AvgIpc) is 2.42. The van der Waals surface area contributed by atoms with E-state index in [0.717, 1.165) is 18.7 Å². The number of allylic oxidation sites excluding steroid dienone is 1. The molecule has 1 N–H and O–H groups in total. The monoisotopic (exact) mass is 256 g/mol. The number of carboxylic acid groups (broad SMARTS) is 1. The Kier molecular flexibility index (Phi) is 4.32. The first-order chi connectivity index (χ1) is 9.20. The lowest BCUT2D eigenvalue weighted by molar-refractivity contribution is -0.141. The van der Waals surface area contributed by atoms with Crippen molar-refractivity contribution in [3.05, 3.63) is 47.5 Å². The second-order valence-electron chi connectivity index (χ2n) is 4.71. The van der Waals surface area contributed by atoms with Crippen LogP contribution < -0.4 is 0 Å². The van der Waals surface area contributed by atoms with E-state index in [2.05, 4.69) is 4.90 Å². The lowest BCUT2D eigenvalue weighted by Gasteiger charge is -2.32. The molecule has 0 aromatic heterocycles. The Morgan fingerprint density at radius 3 is 2.84 bits per heavy atom. The zero-order valence-electron chi connectivity index (χ0n) is 10.6. The zero-order chi connectivity index (χ0) is 13.7. The maximum atomic E-state index is 11.3. The van der Waals surface area contributed by atoms with Gasteiger partial charge in [0.15, 0.2) is 0 Å². The van der Waals surface area contributed by atoms with Crippen molar-refractivity contribution >= 4 is 5.97 Å². The molecule has 0 aliphatic carbocycles. The molecular weight excluding hydrogens is 240 g/mol. The van der Waals surface area contributed by atoms with Crippen molar-refractivity contribution in [3.8, 4) is 6.07 Å². The highest BCUT2D eigenvalue weighted by Gasteiger charge is 2.29. The molecule has 0 radical (unpaired) electrons. The van der Waals surface area contributed by atoms with Gasteiger partial charge in [-0.25, -0.2) is 0 Å². The minimum absolute atomic E-state index is 0.470. The van der Waals surface area contributed by atoms with Gasteiger partial charge in [-0.2, -0.15) is 5.26 Å². The summed E-state index contributed by atoms with van der Waals surface area (Å²) < 4.78 is 0. The summed E-state index contributed by atoms with van der Waals surface area (Å²) in [6.45, 7) is 2.02. The van der Waals surface area contributed by atoms with Crippen LogP contribution in [0.15, 0.2) is 42.0 Å². The predicted octanol–water partition coefficient (Wildman–Crippen LogP) is 2.04. The van der Waals surface area contributed by atoms with Crippen molar-refractivity contribution in [1.82, 2.24) is 4.90 Å². The van der Waals surface area contributed by atoms with Gasteiger partial charge in [-0.3, -0.25) is 9.69 Å². The molecule has 1 heterocycles. The van der Waals surface area contributed by atoms with Crippen molar-refractivity contribution in [2.24, 2.45) is 5.92 Å². The number of rotatable bonds is 3. The van der Waals surface area contributed by atoms with Gasteiger partial charge in [-0.05, 0) is 17.6 Å². The molecule has 1 aromatic carbocycles. The van der Waals surface area contributed by atoms with E-state index >= 15 is 0 Å². The highest BCUT2D eigenvalue weighted by molar-refractivity contribution is 5.74. The van der Waals surface area contributed by atoms with Crippen molar-refractivity contribution in [3.63, 3.8) is 0 Å². The molecule has 4 heteroatoms. The topological polar surface area (TPSA) is 64.3 Å². The number of hydrogen-bond acceptors (Lipinski definition) is 3. The van der Waals surface area contributed by atoms with Crippen LogP contribution in [-0.2, 0) is 11.3 Å². The highest BCUT2D eigenvalue weighted by atomic mass is 16.4. The molecule has 0 bridgehead atoms. The van der Waals surface area contributed by atoms with Gasteiger partial charge < -0.3 is 5.11 Å². The van der Waals surface area contributed by atoms with Gasteiger partial charge in [0.25, 0.3) is 0 Å². The van der Waals surface area contributed by atoms with Crippen LogP contribution in [0.1, 0.15) is 12.0 Å². The Hall–Kier alpha value is -2.12. The van der Waals surface area contributed by atoms with E-state index in [1.807, 2.05) is 36.4 Å². The first-order valence-corrected chi connectivity index (χ1v) is 6.28. The van der Waals surface area contributed by atoms with Crippen LogP contribution in [0.25, 0.3) is 0 Å². The van der Waals surface area contributed by atoms with Crippen LogP contribution in [0.5, 0.6) is 0 Å². The third-order valence-electron chi connectivity index (χ3n) is 3.40. The van der Waals surface area contributed by atoms with E-state index in [9.17, 15) is 9.90 Å². The number of carbonyl (C=O) groups is 1. The lowest BCUT2D eigenvalue weighted by Crippen LogP contribution is -2.39. The van der Waals surface area contributed by atoms with Gasteiger partial charge in [0.1, 0.15) is 0 Å². The predicted molar refractivity (Wildman–Crippen MR) is 71.2 cm³/mol. The van der Waals surface area contributed by atoms with Crippen LogP contribution in [0.4, 0.5) is 0 Å². The van der Waals surface area contributed by atoms with E-state index in [4.69, 9.17) is 5.26 Å². The summed E-state index contributed by atoms with van der Waals surface area (Å²) in [5.74, 6) is -1.41. The molecule has 1 atom stereocenters. The summed E-state index contributed by atoms with van der Waals surface area (Å²) in [4.78, 5) is 13.4. The van der Waals surface area contributed by atoms with Crippen LogP contribution >= 0.6 is 0 Å². The third-order valence-corrected chi connectivity index (χ3v) is 3.40. The van der Waals surface area contributed by atoms with Gasteiger partial charge in [-0.15, -0.1) is 0 Å². The summed E-state index contributed by atoms with van der Waals surface area (Å²) in [7, 11) is 0. The first kappa shape index (κ1) is 13.3. The van der Waals surface area contributed by atoms with Gasteiger partial charge in [0.05, 0.1) is 12.0 Å². The van der Waals surface area contributed by atoms with E-state index in [1.165, 1.54) is 11.6 Å². The SMILES string of the molecule is N#C/C=C1\CCN(Cc2ccccc2)CC1C(=O)O. The fourth-order valence-corrected chi connectivity index (χ4v) is 2.41. The Labute approximate surface area is 112 Å². The highest BCUT2D eigenvalue weighted by Crippen LogP contribution is 2.24. The fraction of sp³-hybridized carbons (Fsp3) is 0.333. The van der Waals surface area contributed by atoms with Crippen LogP contribution in [0.2, 0.25) is 0 Å². The lowest BCUT2D eigenvalue weighted by atomic mass is 9.91. The molecule has 1 aromatic rings. The molecule has 0 amide bonds. The second-order valence-corrected chi connectivity index (χ2v) is 4.71. The van der Waals surface area contributed by atoms with Crippen molar-refractivity contribution in [2.45, 2.75) is 13.0 Å². The Bertz CT molecular complexity index is 517. The molecule has 1 aliphatic rings. The minimum Gasteiger partial charge on any atom is -0.481 e. The number of hydrogen-bond donors (Lipinski definition) is 1. The molecule has 4 nitrogen and oxygen atoms in total. The molecule has 0 saturated carbocycles. The Morgan fingerprint density at radius 2 is 2.21 bits per heavy atom. The summed E-state index contributed by atoms with van der Waals surface area (Å²) in [6.07, 6.45) is 2.04. The third kappa shape index (κ3) is 3.43. The van der Waals surface area contributed by atoms with Crippen LogP contribution in [0, 0.1) is 17.2 Å². The minimum atomic E-state index is -0.848. The molecule has 19 heavy (non-hydrogen) atoms. The van der Waals surface area contributed by atoms with Gasteiger partial charge >= 0.3 is 5.97 Å². The van der Waals surface area contributed by atoms with E-state index in [-0.39, 0.29) is 0 Å². The molecule has 98 valence electrons. The smallest absolute Gasteiger partial charge is 0.311 e. The fourth-order valence-electron chi connectivity index (χ4n) is 2.41. The summed E-state index contributed by atoms with van der Waals surface area (Å²) >= 11 is 0. The normalized spacial score (nSPS) is 22.1. The maximum Gasteiger partial charge on any atom is 0.311 e. The van der Waals surface area contributed by atoms with Crippen LogP contribution in [-0.4, -0.2) is 29.1 Å². The molecular formula is C15H16N2O2. The number of aliphatic carboxylic acids is 1. The van der Waals surface area contributed by atoms with E-state index < -0.39 is 11.9 Å². The molecule has 2 rings (SSSR count). The molecule has 0 spiro atoms. The number of nitrogens with zero attached hydrogens (tertiary/aromatic N) is 2. The number of piperidine rings is 1. The Balaban J connectivity index is 2.05. The zero-order valence-corrected chi connectivity index (χ0v) is 10.6. The van der Waals surface area contributed by atoms with E-state index in [1.54, 1.807) is 0 Å². The summed E-state index contributed by atoms with van der Waals surface area (Å²) in [5, 5.41) is 17.9. The second kappa shape index (κ2) is 6.17. The van der Waals surface area contributed by atoms with Crippen molar-refractivity contribution < 1.29 is 9.90 Å². The molecule has 1 saturated heterocycles. The van der Waals surface area contributed by atoms with Crippen LogP contribution in [0.3, 0.4) is 0 Å². The number of benzene rings is 1. The molecule has 1 fully saturated rings. The van der Waals surface area contributed by atoms with Gasteiger partial charge in [0.2, 0.25) is 0 Å². The summed E-state index contributed by atoms with van der Waals surface area (Å²) in [5.41, 5.74) is 1.92. The quantitative estimate of drug-likeness (QED) is 0.840. The van der Waals surface area contributed by atoms with Crippen molar-refractivity contribution in [2.75, 3.05) is 13.1 Å². The Morgan fingerprint density at radius 1 is 1.47 bits per heavy atom. The largest absolute Gasteiger partial charge is 0.481 e. The number of likely N-dealkylation sites (tertiary alicyclic amines) is 1.